The van der Waals surface area contributed by atoms with Gasteiger partial charge in [0.05, 0.1) is 26.3 Å². The first kappa shape index (κ1) is 21.5. The second-order valence-electron chi connectivity index (χ2n) is 7.71. The molecule has 0 aromatic heterocycles. The maximum absolute atomic E-state index is 12.1. The van der Waals surface area contributed by atoms with Gasteiger partial charge in [0, 0.05) is 6.42 Å². The average molecular weight is 427 g/mol. The molecule has 2 aromatic carbocycles. The van der Waals surface area contributed by atoms with E-state index in [0.29, 0.717) is 39.5 Å². The number of hydrogen-bond donors (Lipinski definition) is 0. The van der Waals surface area contributed by atoms with E-state index in [1.54, 1.807) is 4.90 Å². The summed E-state index contributed by atoms with van der Waals surface area (Å²) in [6.45, 7) is 5.05. The molecule has 2 aromatic rings. The quantitative estimate of drug-likeness (QED) is 0.577. The molecular weight excluding hydrogens is 398 g/mol. The van der Waals surface area contributed by atoms with Crippen molar-refractivity contribution in [2.45, 2.75) is 31.7 Å². The fourth-order valence-electron chi connectivity index (χ4n) is 3.77. The van der Waals surface area contributed by atoms with E-state index < -0.39 is 5.79 Å². The zero-order valence-electron chi connectivity index (χ0n) is 17.8. The number of hydrogen-bond acceptors (Lipinski definition) is 6. The molecule has 2 aliphatic rings. The third-order valence-electron chi connectivity index (χ3n) is 5.51. The van der Waals surface area contributed by atoms with Gasteiger partial charge >= 0.3 is 6.09 Å². The highest BCUT2D eigenvalue weighted by Gasteiger charge is 2.34. The lowest BCUT2D eigenvalue weighted by Gasteiger charge is -2.26. The molecule has 1 amide bonds. The van der Waals surface area contributed by atoms with Crippen molar-refractivity contribution in [1.82, 2.24) is 4.90 Å². The van der Waals surface area contributed by atoms with Crippen molar-refractivity contribution in [3.8, 4) is 11.5 Å². The number of ether oxygens (including phenoxy) is 5. The second kappa shape index (κ2) is 10.0. The standard InChI is InChI=1S/C24H29NO6/c1-2-24(29-14-15-30-24)16-19-8-10-21(11-9-19)27-13-12-25-17-22(31-23(25)26)18-28-20-6-4-3-5-7-20/h3-11,22H,2,12-18H2,1H3. The van der Waals surface area contributed by atoms with Crippen LogP contribution >= 0.6 is 0 Å². The third-order valence-corrected chi connectivity index (χ3v) is 5.51. The van der Waals surface area contributed by atoms with Gasteiger partial charge < -0.3 is 28.6 Å². The van der Waals surface area contributed by atoms with Crippen LogP contribution in [-0.4, -0.2) is 62.4 Å². The largest absolute Gasteiger partial charge is 0.492 e. The number of cyclic esters (lactones) is 1. The van der Waals surface area contributed by atoms with Crippen LogP contribution in [-0.2, 0) is 20.6 Å². The van der Waals surface area contributed by atoms with Crippen LogP contribution in [0.4, 0.5) is 4.79 Å². The van der Waals surface area contributed by atoms with E-state index in [9.17, 15) is 4.79 Å². The molecule has 2 heterocycles. The highest BCUT2D eigenvalue weighted by Crippen LogP contribution is 2.28. The molecule has 0 spiro atoms. The summed E-state index contributed by atoms with van der Waals surface area (Å²) in [4.78, 5) is 13.7. The molecule has 2 saturated heterocycles. The van der Waals surface area contributed by atoms with Crippen molar-refractivity contribution in [2.24, 2.45) is 0 Å². The van der Waals surface area contributed by atoms with E-state index in [1.165, 1.54) is 0 Å². The summed E-state index contributed by atoms with van der Waals surface area (Å²) in [5, 5.41) is 0. The molecule has 7 heteroatoms. The van der Waals surface area contributed by atoms with E-state index in [4.69, 9.17) is 23.7 Å². The van der Waals surface area contributed by atoms with Gasteiger partial charge in [-0.1, -0.05) is 37.3 Å². The highest BCUT2D eigenvalue weighted by molar-refractivity contribution is 5.69. The zero-order valence-corrected chi connectivity index (χ0v) is 17.8. The second-order valence-corrected chi connectivity index (χ2v) is 7.71. The summed E-state index contributed by atoms with van der Waals surface area (Å²) in [6.07, 6.45) is 0.921. The molecule has 1 unspecified atom stereocenters. The van der Waals surface area contributed by atoms with Gasteiger partial charge in [-0.05, 0) is 36.2 Å². The van der Waals surface area contributed by atoms with Gasteiger partial charge in [-0.2, -0.15) is 0 Å². The zero-order chi connectivity index (χ0) is 21.5. The number of carbonyl (C=O) groups is 1. The molecule has 4 rings (SSSR count). The Balaban J connectivity index is 1.19. The average Bonchev–Trinajstić information content (AvgIpc) is 3.41. The molecule has 31 heavy (non-hydrogen) atoms. The Morgan fingerprint density at radius 1 is 1.00 bits per heavy atom. The van der Waals surface area contributed by atoms with Crippen LogP contribution in [0.25, 0.3) is 0 Å². The molecular formula is C24H29NO6. The Hall–Kier alpha value is -2.77. The molecule has 0 radical (unpaired) electrons. The predicted molar refractivity (Wildman–Crippen MR) is 114 cm³/mol. The van der Waals surface area contributed by atoms with E-state index in [-0.39, 0.29) is 12.2 Å². The van der Waals surface area contributed by atoms with Crippen molar-refractivity contribution < 1.29 is 28.5 Å². The lowest BCUT2D eigenvalue weighted by atomic mass is 10.0. The maximum atomic E-state index is 12.1. The van der Waals surface area contributed by atoms with Crippen LogP contribution in [0.2, 0.25) is 0 Å². The first-order valence-corrected chi connectivity index (χ1v) is 10.8. The summed E-state index contributed by atoms with van der Waals surface area (Å²) in [5.74, 6) is 1.03. The molecule has 166 valence electrons. The minimum absolute atomic E-state index is 0.280. The fourth-order valence-corrected chi connectivity index (χ4v) is 3.77. The summed E-state index contributed by atoms with van der Waals surface area (Å²) in [6, 6.07) is 17.4. The van der Waals surface area contributed by atoms with Crippen molar-refractivity contribution in [3.05, 3.63) is 60.2 Å². The highest BCUT2D eigenvalue weighted by atomic mass is 16.7. The van der Waals surface area contributed by atoms with Crippen LogP contribution in [0.1, 0.15) is 18.9 Å². The minimum Gasteiger partial charge on any atom is -0.492 e. The number of rotatable bonds is 10. The molecule has 0 aliphatic carbocycles. The van der Waals surface area contributed by atoms with Gasteiger partial charge in [0.2, 0.25) is 0 Å². The van der Waals surface area contributed by atoms with Crippen LogP contribution in [0.3, 0.4) is 0 Å². The summed E-state index contributed by atoms with van der Waals surface area (Å²) >= 11 is 0. The molecule has 7 nitrogen and oxygen atoms in total. The Labute approximate surface area is 182 Å². The number of carbonyl (C=O) groups excluding carboxylic acids is 1. The van der Waals surface area contributed by atoms with Gasteiger partial charge in [0.1, 0.15) is 24.7 Å². The van der Waals surface area contributed by atoms with Gasteiger partial charge in [-0.3, -0.25) is 0 Å². The first-order chi connectivity index (χ1) is 15.2. The van der Waals surface area contributed by atoms with Crippen LogP contribution in [0.15, 0.2) is 54.6 Å². The fraction of sp³-hybridized carbons (Fsp3) is 0.458. The monoisotopic (exact) mass is 427 g/mol. The van der Waals surface area contributed by atoms with Crippen molar-refractivity contribution in [3.63, 3.8) is 0 Å². The van der Waals surface area contributed by atoms with Crippen LogP contribution < -0.4 is 9.47 Å². The molecule has 2 fully saturated rings. The topological polar surface area (TPSA) is 66.5 Å². The first-order valence-electron chi connectivity index (χ1n) is 10.8. The van der Waals surface area contributed by atoms with E-state index >= 15 is 0 Å². The predicted octanol–water partition coefficient (Wildman–Crippen LogP) is 3.66. The lowest BCUT2D eigenvalue weighted by molar-refractivity contribution is -0.157. The van der Waals surface area contributed by atoms with Crippen LogP contribution in [0, 0.1) is 0 Å². The molecule has 2 aliphatic heterocycles. The smallest absolute Gasteiger partial charge is 0.410 e. The SMILES string of the molecule is CCC1(Cc2ccc(OCCN3CC(COc4ccccc4)OC3=O)cc2)OCCO1. The molecule has 0 bridgehead atoms. The Morgan fingerprint density at radius 3 is 2.42 bits per heavy atom. The Morgan fingerprint density at radius 2 is 1.71 bits per heavy atom. The summed E-state index contributed by atoms with van der Waals surface area (Å²) < 4.78 is 28.5. The van der Waals surface area contributed by atoms with Gasteiger partial charge in [0.15, 0.2) is 11.9 Å². The lowest BCUT2D eigenvalue weighted by Crippen LogP contribution is -2.31. The third kappa shape index (κ3) is 5.68. The summed E-state index contributed by atoms with van der Waals surface area (Å²) in [5.41, 5.74) is 1.14. The summed E-state index contributed by atoms with van der Waals surface area (Å²) in [7, 11) is 0. The molecule has 0 N–H and O–H groups in total. The number of benzene rings is 2. The van der Waals surface area contributed by atoms with E-state index in [2.05, 4.69) is 6.92 Å². The minimum atomic E-state index is -0.501. The Kier molecular flexibility index (Phi) is 6.94. The van der Waals surface area contributed by atoms with Gasteiger partial charge in [-0.25, -0.2) is 4.79 Å². The van der Waals surface area contributed by atoms with Crippen LogP contribution in [0.5, 0.6) is 11.5 Å². The van der Waals surface area contributed by atoms with Gasteiger partial charge in [-0.15, -0.1) is 0 Å². The number of para-hydroxylation sites is 1. The van der Waals surface area contributed by atoms with Crippen molar-refractivity contribution in [1.29, 1.82) is 0 Å². The Bertz CT molecular complexity index is 835. The van der Waals surface area contributed by atoms with E-state index in [1.807, 2.05) is 54.6 Å². The number of nitrogens with zero attached hydrogens (tertiary/aromatic N) is 1. The maximum Gasteiger partial charge on any atom is 0.410 e. The normalized spacial score (nSPS) is 20.0. The molecule has 0 saturated carbocycles. The number of amides is 1. The van der Waals surface area contributed by atoms with Crippen molar-refractivity contribution in [2.75, 3.05) is 39.5 Å². The van der Waals surface area contributed by atoms with E-state index in [0.717, 1.165) is 29.9 Å². The van der Waals surface area contributed by atoms with Crippen molar-refractivity contribution >= 4 is 6.09 Å². The molecule has 1 atom stereocenters. The van der Waals surface area contributed by atoms with Gasteiger partial charge in [0.25, 0.3) is 0 Å².